The lowest BCUT2D eigenvalue weighted by Gasteiger charge is -2.28. The monoisotopic (exact) mass is 502 g/mol. The average Bonchev–Trinajstić information content (AvgIpc) is 3.30. The number of carbonyl (C=O) groups is 2. The zero-order chi connectivity index (χ0) is 25.1. The lowest BCUT2D eigenvalue weighted by atomic mass is 10.1. The fraction of sp³-hybridized carbons (Fsp3) is 0.250. The third kappa shape index (κ3) is 5.21. The van der Waals surface area contributed by atoms with E-state index in [-0.39, 0.29) is 18.0 Å². The number of carboxylic acids is 1. The van der Waals surface area contributed by atoms with Crippen LogP contribution in [-0.4, -0.2) is 39.6 Å². The third-order valence-electron chi connectivity index (χ3n) is 6.59. The van der Waals surface area contributed by atoms with Crippen molar-refractivity contribution in [1.82, 2.24) is 14.9 Å². The van der Waals surface area contributed by atoms with Crippen LogP contribution in [0.5, 0.6) is 0 Å². The van der Waals surface area contributed by atoms with Gasteiger partial charge in [-0.3, -0.25) is 9.78 Å². The van der Waals surface area contributed by atoms with Gasteiger partial charge in [0.2, 0.25) is 0 Å². The molecule has 0 spiro atoms. The van der Waals surface area contributed by atoms with E-state index in [2.05, 4.69) is 16.3 Å². The van der Waals surface area contributed by atoms with Crippen LogP contribution in [0, 0.1) is 0 Å². The molecule has 0 aliphatic carbocycles. The van der Waals surface area contributed by atoms with Gasteiger partial charge < -0.3 is 19.9 Å². The Kier molecular flexibility index (Phi) is 6.91. The smallest absolute Gasteiger partial charge is 0.335 e. The van der Waals surface area contributed by atoms with E-state index in [0.717, 1.165) is 40.9 Å². The number of nitrogens with one attached hydrogen (secondary N) is 1. The van der Waals surface area contributed by atoms with Crippen molar-refractivity contribution >= 4 is 40.1 Å². The summed E-state index contributed by atoms with van der Waals surface area (Å²) < 4.78 is 2.02. The first-order valence-electron chi connectivity index (χ1n) is 12.1. The molecule has 2 aromatic carbocycles. The zero-order valence-corrected chi connectivity index (χ0v) is 20.5. The van der Waals surface area contributed by atoms with E-state index >= 15 is 0 Å². The van der Waals surface area contributed by atoms with Gasteiger partial charge in [0.25, 0.3) is 5.91 Å². The van der Waals surface area contributed by atoms with Gasteiger partial charge in [-0.2, -0.15) is 0 Å². The third-order valence-corrected chi connectivity index (χ3v) is 6.80. The van der Waals surface area contributed by atoms with Gasteiger partial charge in [-0.1, -0.05) is 23.7 Å². The largest absolute Gasteiger partial charge is 0.478 e. The lowest BCUT2D eigenvalue weighted by molar-refractivity contribution is 0.0696. The first kappa shape index (κ1) is 23.9. The topological polar surface area (TPSA) is 87.5 Å². The summed E-state index contributed by atoms with van der Waals surface area (Å²) in [6.07, 6.45) is 7.62. The molecular weight excluding hydrogens is 476 g/mol. The Morgan fingerprint density at radius 1 is 1.00 bits per heavy atom. The van der Waals surface area contributed by atoms with E-state index in [0.29, 0.717) is 17.1 Å². The second-order valence-corrected chi connectivity index (χ2v) is 9.51. The molecule has 4 aromatic rings. The van der Waals surface area contributed by atoms with Gasteiger partial charge in [-0.05, 0) is 67.3 Å². The molecule has 0 radical (unpaired) electrons. The highest BCUT2D eigenvalue weighted by molar-refractivity contribution is 6.32. The molecule has 3 heterocycles. The van der Waals surface area contributed by atoms with E-state index < -0.39 is 5.97 Å². The van der Waals surface area contributed by atoms with Crippen LogP contribution in [0.2, 0.25) is 5.02 Å². The van der Waals surface area contributed by atoms with Crippen LogP contribution in [0.15, 0.2) is 67.0 Å². The minimum atomic E-state index is -0.983. The number of halogens is 1. The van der Waals surface area contributed by atoms with E-state index in [1.165, 1.54) is 31.4 Å². The predicted molar refractivity (Wildman–Crippen MR) is 141 cm³/mol. The van der Waals surface area contributed by atoms with Crippen LogP contribution in [0.4, 0.5) is 5.69 Å². The molecular formula is C28H27ClN4O3. The van der Waals surface area contributed by atoms with Crippen molar-refractivity contribution in [3.05, 3.63) is 94.4 Å². The summed E-state index contributed by atoms with van der Waals surface area (Å²) in [6, 6.07) is 16.1. The SMILES string of the molecule is O=C(O)c1ccc(CNC(=O)c2cc(Cl)cc3ccn(Cc4ccc(N5CCCCC5)cn4)c23)cc1. The van der Waals surface area contributed by atoms with Gasteiger partial charge in [0.1, 0.15) is 0 Å². The number of benzene rings is 2. The summed E-state index contributed by atoms with van der Waals surface area (Å²) in [4.78, 5) is 31.3. The molecule has 0 unspecified atom stereocenters. The summed E-state index contributed by atoms with van der Waals surface area (Å²) in [5.41, 5.74) is 4.35. The normalized spacial score (nSPS) is 13.6. The van der Waals surface area contributed by atoms with E-state index in [1.807, 2.05) is 35.2 Å². The van der Waals surface area contributed by atoms with E-state index in [4.69, 9.17) is 21.7 Å². The Bertz CT molecular complexity index is 1390. The summed E-state index contributed by atoms with van der Waals surface area (Å²) in [5.74, 6) is -1.23. The quantitative estimate of drug-likeness (QED) is 0.355. The molecule has 2 aromatic heterocycles. The van der Waals surface area contributed by atoms with Crippen molar-refractivity contribution < 1.29 is 14.7 Å². The van der Waals surface area contributed by atoms with E-state index in [1.54, 1.807) is 18.2 Å². The molecule has 0 bridgehead atoms. The Balaban J connectivity index is 1.35. The molecule has 184 valence electrons. The van der Waals surface area contributed by atoms with Crippen LogP contribution in [0.25, 0.3) is 10.9 Å². The van der Waals surface area contributed by atoms with Crippen LogP contribution in [0.3, 0.4) is 0 Å². The van der Waals surface area contributed by atoms with Gasteiger partial charge in [0.15, 0.2) is 0 Å². The zero-order valence-electron chi connectivity index (χ0n) is 19.8. The molecule has 1 fully saturated rings. The minimum Gasteiger partial charge on any atom is -0.478 e. The van der Waals surface area contributed by atoms with Crippen molar-refractivity contribution in [2.24, 2.45) is 0 Å². The van der Waals surface area contributed by atoms with Crippen molar-refractivity contribution in [2.75, 3.05) is 18.0 Å². The summed E-state index contributed by atoms with van der Waals surface area (Å²) in [6.45, 7) is 2.95. The van der Waals surface area contributed by atoms with Crippen LogP contribution >= 0.6 is 11.6 Å². The molecule has 0 saturated carbocycles. The highest BCUT2D eigenvalue weighted by atomic mass is 35.5. The van der Waals surface area contributed by atoms with Crippen LogP contribution in [-0.2, 0) is 13.1 Å². The summed E-state index contributed by atoms with van der Waals surface area (Å²) >= 11 is 6.33. The van der Waals surface area contributed by atoms with Crippen LogP contribution in [0.1, 0.15) is 51.2 Å². The molecule has 1 saturated heterocycles. The number of aromatic nitrogens is 2. The number of piperidine rings is 1. The number of nitrogens with zero attached hydrogens (tertiary/aromatic N) is 3. The first-order valence-corrected chi connectivity index (χ1v) is 12.4. The number of carbonyl (C=O) groups excluding carboxylic acids is 1. The average molecular weight is 503 g/mol. The Labute approximate surface area is 214 Å². The maximum absolute atomic E-state index is 13.2. The number of carboxylic acid groups (broad SMARTS) is 1. The maximum Gasteiger partial charge on any atom is 0.335 e. The van der Waals surface area contributed by atoms with Gasteiger partial charge in [0.05, 0.1) is 40.8 Å². The molecule has 1 amide bonds. The standard InChI is InChI=1S/C28H27ClN4O3/c29-22-14-21-10-13-33(18-23-8-9-24(17-30-23)32-11-2-1-3-12-32)26(21)25(15-22)27(34)31-16-19-4-6-20(7-5-19)28(35)36/h4-10,13-15,17H,1-3,11-12,16,18H2,(H,31,34)(H,35,36). The number of hydrogen-bond acceptors (Lipinski definition) is 4. The summed E-state index contributed by atoms with van der Waals surface area (Å²) in [5, 5.41) is 13.4. The van der Waals surface area contributed by atoms with Gasteiger partial charge in [-0.25, -0.2) is 4.79 Å². The number of hydrogen-bond donors (Lipinski definition) is 2. The lowest BCUT2D eigenvalue weighted by Crippen LogP contribution is -2.29. The molecule has 36 heavy (non-hydrogen) atoms. The number of pyridine rings is 1. The number of anilines is 1. The Hall–Kier alpha value is -3.84. The highest BCUT2D eigenvalue weighted by Crippen LogP contribution is 2.27. The molecule has 2 N–H and O–H groups in total. The Morgan fingerprint density at radius 2 is 1.78 bits per heavy atom. The second kappa shape index (κ2) is 10.4. The minimum absolute atomic E-state index is 0.206. The molecule has 1 aliphatic heterocycles. The fourth-order valence-corrected chi connectivity index (χ4v) is 4.91. The number of aromatic carboxylic acids is 1. The number of amides is 1. The van der Waals surface area contributed by atoms with Gasteiger partial charge >= 0.3 is 5.97 Å². The van der Waals surface area contributed by atoms with Crippen molar-refractivity contribution in [1.29, 1.82) is 0 Å². The number of fused-ring (bicyclic) bond motifs is 1. The van der Waals surface area contributed by atoms with Gasteiger partial charge in [0, 0.05) is 36.2 Å². The molecule has 5 rings (SSSR count). The fourth-order valence-electron chi connectivity index (χ4n) is 4.68. The van der Waals surface area contributed by atoms with E-state index in [9.17, 15) is 9.59 Å². The highest BCUT2D eigenvalue weighted by Gasteiger charge is 2.16. The molecule has 0 atom stereocenters. The predicted octanol–water partition coefficient (Wildman–Crippen LogP) is 5.36. The second-order valence-electron chi connectivity index (χ2n) is 9.08. The summed E-state index contributed by atoms with van der Waals surface area (Å²) in [7, 11) is 0. The molecule has 7 nitrogen and oxygen atoms in total. The van der Waals surface area contributed by atoms with Crippen LogP contribution < -0.4 is 10.2 Å². The van der Waals surface area contributed by atoms with Gasteiger partial charge in [-0.15, -0.1) is 0 Å². The van der Waals surface area contributed by atoms with Crippen molar-refractivity contribution in [3.63, 3.8) is 0 Å². The number of rotatable bonds is 7. The van der Waals surface area contributed by atoms with Crippen molar-refractivity contribution in [3.8, 4) is 0 Å². The van der Waals surface area contributed by atoms with Crippen molar-refractivity contribution in [2.45, 2.75) is 32.4 Å². The first-order chi connectivity index (χ1) is 17.5. The molecule has 8 heteroatoms. The molecule has 1 aliphatic rings. The Morgan fingerprint density at radius 3 is 2.47 bits per heavy atom. The maximum atomic E-state index is 13.2.